The number of amides is 3. The van der Waals surface area contributed by atoms with Gasteiger partial charge in [-0.3, -0.25) is 33.3 Å². The molecule has 18 nitrogen and oxygen atoms in total. The van der Waals surface area contributed by atoms with Crippen LogP contribution in [-0.2, 0) is 47.3 Å². The molecule has 7 N–H and O–H groups in total. The SMILES string of the molecule is C[C@H](c1cccc(NC(=O)[C@H](CCC(=O)O)NC(=O)CNC(=O)CBr)c1)n1ccc([C@@H]2O[C@@H]3C[C@H]4[C@@H]5CCC6=CC(=O)C=C[C@]6(C)[C@H]5[C@@H](O)C[C@]4(C)[C@]3(C(=O)COP(=O)(O)O)O2)c1. The number of ether oxygens (including phenoxy) is 2. The van der Waals surface area contributed by atoms with Gasteiger partial charge >= 0.3 is 13.8 Å². The molecule has 2 aromatic rings. The molecule has 0 bridgehead atoms. The first-order valence-corrected chi connectivity index (χ1v) is 23.4. The number of carboxylic acids is 1. The number of phosphoric acid groups is 1. The molecule has 20 heteroatoms. The third kappa shape index (κ3) is 9.03. The maximum Gasteiger partial charge on any atom is 0.470 e. The van der Waals surface area contributed by atoms with Gasteiger partial charge in [0, 0.05) is 46.8 Å². The van der Waals surface area contributed by atoms with Crippen molar-refractivity contribution in [2.75, 3.05) is 23.8 Å². The number of halogens is 1. The van der Waals surface area contributed by atoms with Crippen molar-refractivity contribution in [3.05, 3.63) is 77.7 Å². The van der Waals surface area contributed by atoms with Crippen LogP contribution in [0.4, 0.5) is 5.69 Å². The minimum absolute atomic E-state index is 0.0253. The number of carbonyl (C=O) groups is 6. The zero-order valence-electron chi connectivity index (χ0n) is 34.9. The molecule has 1 aromatic heterocycles. The molecule has 0 spiro atoms. The van der Waals surface area contributed by atoms with E-state index in [1.165, 1.54) is 0 Å². The van der Waals surface area contributed by atoms with Gasteiger partial charge in [-0.1, -0.05) is 53.6 Å². The maximum absolute atomic E-state index is 14.4. The number of aliphatic hydroxyl groups excluding tert-OH is 1. The number of benzene rings is 1. The van der Waals surface area contributed by atoms with Gasteiger partial charge < -0.3 is 50.0 Å². The molecule has 11 atom stereocenters. The maximum atomic E-state index is 14.4. The molecule has 0 unspecified atom stereocenters. The van der Waals surface area contributed by atoms with Crippen LogP contribution in [0.25, 0.3) is 0 Å². The standard InChI is InChI=1S/C43H52BrN4O14P/c1-23(24-5-4-6-27(15-24)46-39(56)31(9-10-37(54)55)47-36(53)20-45-35(52)19-44)48-14-12-25(21-48)40-61-34-17-30-29-8-7-26-16-28(49)11-13-41(26,2)38(29)32(50)18-42(30,3)43(34,62-40)33(51)22-60-63(57,58)59/h4-6,11-16,21,23,29-32,34,38,40,50H,7-10,17-20,22H2,1-3H3,(H,45,52)(H,46,56)(H,47,53)(H,54,55)(H2,57,58,59)/t23-,29+,30+,31+,32+,34-,38-,40-,41+,42+,43-/m1/s1. The number of anilines is 1. The summed E-state index contributed by atoms with van der Waals surface area (Å²) in [7, 11) is -5.06. The average molecular weight is 960 g/mol. The fraction of sp³-hybridized carbons (Fsp3) is 0.535. The molecule has 5 aliphatic rings. The number of carboxylic acid groups (broad SMARTS) is 1. The quantitative estimate of drug-likeness (QED) is 0.0937. The molecule has 1 saturated heterocycles. The molecule has 1 aliphatic heterocycles. The Morgan fingerprint density at radius 2 is 1.89 bits per heavy atom. The Hall–Kier alpha value is -4.33. The van der Waals surface area contributed by atoms with Crippen LogP contribution in [-0.4, -0.2) is 102 Å². The predicted molar refractivity (Wildman–Crippen MR) is 227 cm³/mol. The second kappa shape index (κ2) is 17.9. The Morgan fingerprint density at radius 1 is 1.13 bits per heavy atom. The van der Waals surface area contributed by atoms with Crippen molar-refractivity contribution >= 4 is 64.7 Å². The molecular weight excluding hydrogens is 907 g/mol. The Morgan fingerprint density at radius 3 is 2.60 bits per heavy atom. The molecule has 4 aliphatic carbocycles. The summed E-state index contributed by atoms with van der Waals surface area (Å²) < 4.78 is 31.9. The fourth-order valence-electron chi connectivity index (χ4n) is 11.1. The smallest absolute Gasteiger partial charge is 0.470 e. The van der Waals surface area contributed by atoms with E-state index in [1.807, 2.05) is 37.5 Å². The largest absolute Gasteiger partial charge is 0.481 e. The Bertz CT molecular complexity index is 2290. The van der Waals surface area contributed by atoms with Crippen molar-refractivity contribution in [2.24, 2.45) is 28.6 Å². The predicted octanol–water partition coefficient (Wildman–Crippen LogP) is 3.62. The van der Waals surface area contributed by atoms with Crippen LogP contribution in [0.15, 0.2) is 66.5 Å². The third-order valence-electron chi connectivity index (χ3n) is 14.0. The highest BCUT2D eigenvalue weighted by atomic mass is 79.9. The molecule has 63 heavy (non-hydrogen) atoms. The number of aromatic nitrogens is 1. The molecule has 4 fully saturated rings. The molecule has 0 radical (unpaired) electrons. The Kier molecular flexibility index (Phi) is 13.3. The van der Waals surface area contributed by atoms with Crippen molar-refractivity contribution in [1.29, 1.82) is 0 Å². The third-order valence-corrected chi connectivity index (χ3v) is 14.9. The van der Waals surface area contributed by atoms with Crippen LogP contribution in [0, 0.1) is 28.6 Å². The normalized spacial score (nSPS) is 31.7. The lowest BCUT2D eigenvalue weighted by Gasteiger charge is -2.59. The number of hydrogen-bond donors (Lipinski definition) is 7. The van der Waals surface area contributed by atoms with Crippen molar-refractivity contribution in [3.8, 4) is 0 Å². The van der Waals surface area contributed by atoms with Gasteiger partial charge in [0.05, 0.1) is 30.1 Å². The van der Waals surface area contributed by atoms with Gasteiger partial charge in [0.15, 0.2) is 23.5 Å². The van der Waals surface area contributed by atoms with Crippen LogP contribution >= 0.6 is 23.8 Å². The van der Waals surface area contributed by atoms with Gasteiger partial charge in [-0.2, -0.15) is 0 Å². The van der Waals surface area contributed by atoms with Crippen LogP contribution < -0.4 is 16.0 Å². The first kappa shape index (κ1) is 46.7. The van der Waals surface area contributed by atoms with Crippen molar-refractivity contribution in [3.63, 3.8) is 0 Å². The number of ketones is 2. The number of carbonyl (C=O) groups excluding carboxylic acids is 5. The van der Waals surface area contributed by atoms with E-state index in [1.54, 1.807) is 48.8 Å². The summed E-state index contributed by atoms with van der Waals surface area (Å²) in [6.07, 6.45) is 7.06. The second-order valence-corrected chi connectivity index (χ2v) is 19.4. The number of rotatable bonds is 16. The highest BCUT2D eigenvalue weighted by Crippen LogP contribution is 2.70. The van der Waals surface area contributed by atoms with Gasteiger partial charge in [0.1, 0.15) is 12.6 Å². The van der Waals surface area contributed by atoms with Crippen LogP contribution in [0.1, 0.15) is 82.8 Å². The number of allylic oxidation sites excluding steroid dienone is 4. The number of phosphoric ester groups is 1. The van der Waals surface area contributed by atoms with Crippen molar-refractivity contribution in [2.45, 2.75) is 95.5 Å². The van der Waals surface area contributed by atoms with E-state index in [0.29, 0.717) is 30.5 Å². The summed E-state index contributed by atoms with van der Waals surface area (Å²) in [6, 6.07) is 7.15. The average Bonchev–Trinajstić information content (AvgIpc) is 3.93. The van der Waals surface area contributed by atoms with Crippen molar-refractivity contribution in [1.82, 2.24) is 15.2 Å². The van der Waals surface area contributed by atoms with Gasteiger partial charge in [0.25, 0.3) is 0 Å². The lowest BCUT2D eigenvalue weighted by atomic mass is 9.46. The number of nitrogens with zero attached hydrogens (tertiary/aromatic N) is 1. The molecular formula is C43H52BrN4O14P. The minimum atomic E-state index is -5.06. The van der Waals surface area contributed by atoms with E-state index in [0.717, 1.165) is 11.1 Å². The number of nitrogens with one attached hydrogen (secondary N) is 3. The number of alkyl halides is 1. The Balaban J connectivity index is 1.09. The molecule has 2 heterocycles. The summed E-state index contributed by atoms with van der Waals surface area (Å²) >= 11 is 2.98. The molecule has 7 rings (SSSR count). The van der Waals surface area contributed by atoms with Gasteiger partial charge in [0.2, 0.25) is 17.7 Å². The molecule has 1 aromatic carbocycles. The lowest BCUT2D eigenvalue weighted by molar-refractivity contribution is -0.200. The first-order valence-electron chi connectivity index (χ1n) is 20.8. The summed E-state index contributed by atoms with van der Waals surface area (Å²) in [5, 5.41) is 28.9. The van der Waals surface area contributed by atoms with E-state index < -0.39 is 97.8 Å². The van der Waals surface area contributed by atoms with E-state index in [9.17, 15) is 53.3 Å². The Labute approximate surface area is 371 Å². The van der Waals surface area contributed by atoms with E-state index in [2.05, 4.69) is 31.9 Å². The molecule has 3 amide bonds. The molecule has 3 saturated carbocycles. The fourth-order valence-corrected chi connectivity index (χ4v) is 11.5. The first-order chi connectivity index (χ1) is 29.7. The van der Waals surface area contributed by atoms with Gasteiger partial charge in [-0.25, -0.2) is 4.57 Å². The summed E-state index contributed by atoms with van der Waals surface area (Å²) in [6.45, 7) is 4.49. The van der Waals surface area contributed by atoms with Crippen molar-refractivity contribution < 1.29 is 67.3 Å². The molecule has 340 valence electrons. The monoisotopic (exact) mass is 958 g/mol. The summed E-state index contributed by atoms with van der Waals surface area (Å²) in [4.78, 5) is 94.7. The second-order valence-electron chi connectivity index (χ2n) is 17.6. The van der Waals surface area contributed by atoms with Crippen LogP contribution in [0.3, 0.4) is 0 Å². The van der Waals surface area contributed by atoms with Crippen LogP contribution in [0.5, 0.6) is 0 Å². The van der Waals surface area contributed by atoms with E-state index >= 15 is 0 Å². The number of Topliss-reactive ketones (excluding diaryl/α,β-unsaturated/α-hetero) is 1. The number of aliphatic hydroxyl groups is 1. The lowest BCUT2D eigenvalue weighted by Crippen LogP contribution is -2.63. The number of fused-ring (bicyclic) bond motifs is 7. The van der Waals surface area contributed by atoms with E-state index in [4.69, 9.17) is 14.0 Å². The highest BCUT2D eigenvalue weighted by molar-refractivity contribution is 9.09. The highest BCUT2D eigenvalue weighted by Gasteiger charge is 2.76. The summed E-state index contributed by atoms with van der Waals surface area (Å²) in [5.74, 6) is -4.23. The summed E-state index contributed by atoms with van der Waals surface area (Å²) in [5.41, 5.74) is -0.685. The van der Waals surface area contributed by atoms with Gasteiger partial charge in [-0.05, 0) is 86.8 Å². The minimum Gasteiger partial charge on any atom is -0.481 e. The topological polar surface area (TPSA) is 269 Å². The number of hydrogen-bond acceptors (Lipinski definition) is 11. The van der Waals surface area contributed by atoms with Gasteiger partial charge in [-0.15, -0.1) is 0 Å². The zero-order chi connectivity index (χ0) is 45.6. The number of aliphatic carboxylic acids is 1. The van der Waals surface area contributed by atoms with Crippen LogP contribution in [0.2, 0.25) is 0 Å². The van der Waals surface area contributed by atoms with E-state index in [-0.39, 0.29) is 47.8 Å². The zero-order valence-corrected chi connectivity index (χ0v) is 37.4.